The van der Waals surface area contributed by atoms with Gasteiger partial charge in [-0.05, 0) is 42.7 Å². The second kappa shape index (κ2) is 5.59. The van der Waals surface area contributed by atoms with Gasteiger partial charge < -0.3 is 5.32 Å². The van der Waals surface area contributed by atoms with E-state index >= 15 is 0 Å². The molecule has 4 nitrogen and oxygen atoms in total. The molecule has 0 spiro atoms. The summed E-state index contributed by atoms with van der Waals surface area (Å²) in [7, 11) is 0. The van der Waals surface area contributed by atoms with Crippen LogP contribution in [0.15, 0.2) is 30.5 Å². The highest BCUT2D eigenvalue weighted by Gasteiger charge is 2.43. The Morgan fingerprint density at radius 2 is 2.17 bits per heavy atom. The summed E-state index contributed by atoms with van der Waals surface area (Å²) in [5.74, 6) is -1.37. The van der Waals surface area contributed by atoms with Gasteiger partial charge in [-0.2, -0.15) is 4.39 Å². The van der Waals surface area contributed by atoms with Gasteiger partial charge in [0.05, 0.1) is 16.1 Å². The van der Waals surface area contributed by atoms with Crippen LogP contribution in [0.1, 0.15) is 12.0 Å². The number of anilines is 1. The SMILES string of the molecule is Cc1cc(F)ncc1-c1ccc2nc(NC(=O)[C@@H]3C[C@@H]3F)sc2c1. The lowest BCUT2D eigenvalue weighted by Gasteiger charge is -2.05. The second-order valence-electron chi connectivity index (χ2n) is 5.87. The first kappa shape index (κ1) is 15.1. The summed E-state index contributed by atoms with van der Waals surface area (Å²) in [6, 6.07) is 7.04. The van der Waals surface area contributed by atoms with E-state index in [2.05, 4.69) is 15.3 Å². The van der Waals surface area contributed by atoms with E-state index in [1.807, 2.05) is 25.1 Å². The molecule has 1 fully saturated rings. The second-order valence-corrected chi connectivity index (χ2v) is 6.90. The van der Waals surface area contributed by atoms with Crippen molar-refractivity contribution in [1.29, 1.82) is 0 Å². The standard InChI is InChI=1S/C17H13F2N3OS/c1-8-4-15(19)20-7-11(8)9-2-3-13-14(5-9)24-17(21-13)22-16(23)10-6-12(10)18/h2-5,7,10,12H,6H2,1H3,(H,21,22,23)/t10-,12+/m1/s1. The minimum atomic E-state index is -1.03. The summed E-state index contributed by atoms with van der Waals surface area (Å²) in [4.78, 5) is 19.8. The van der Waals surface area contributed by atoms with Gasteiger partial charge in [0, 0.05) is 11.8 Å². The van der Waals surface area contributed by atoms with Crippen molar-refractivity contribution in [3.63, 3.8) is 0 Å². The summed E-state index contributed by atoms with van der Waals surface area (Å²) >= 11 is 1.33. The van der Waals surface area contributed by atoms with Crippen molar-refractivity contribution in [3.05, 3.63) is 42.0 Å². The number of carbonyl (C=O) groups is 1. The lowest BCUT2D eigenvalue weighted by Crippen LogP contribution is -2.14. The number of pyridine rings is 1. The molecule has 1 aliphatic carbocycles. The van der Waals surface area contributed by atoms with Crippen LogP contribution >= 0.6 is 11.3 Å². The van der Waals surface area contributed by atoms with Crippen molar-refractivity contribution < 1.29 is 13.6 Å². The third-order valence-electron chi connectivity index (χ3n) is 4.06. The Morgan fingerprint density at radius 3 is 2.88 bits per heavy atom. The van der Waals surface area contributed by atoms with Crippen molar-refractivity contribution in [3.8, 4) is 11.1 Å². The summed E-state index contributed by atoms with van der Waals surface area (Å²) in [6.07, 6.45) is 0.766. The molecule has 2 atom stereocenters. The number of thiazole rings is 1. The fraction of sp³-hybridized carbons (Fsp3) is 0.235. The number of fused-ring (bicyclic) bond motifs is 1. The average molecular weight is 345 g/mol. The van der Waals surface area contributed by atoms with E-state index in [4.69, 9.17) is 0 Å². The van der Waals surface area contributed by atoms with Crippen LogP contribution in [0.25, 0.3) is 21.3 Å². The fourth-order valence-electron chi connectivity index (χ4n) is 2.60. The lowest BCUT2D eigenvalue weighted by atomic mass is 10.0. The van der Waals surface area contributed by atoms with Crippen molar-refractivity contribution >= 4 is 32.6 Å². The quantitative estimate of drug-likeness (QED) is 0.727. The van der Waals surface area contributed by atoms with E-state index in [0.29, 0.717) is 5.13 Å². The van der Waals surface area contributed by atoms with Crippen LogP contribution in [0.3, 0.4) is 0 Å². The van der Waals surface area contributed by atoms with Crippen LogP contribution in [-0.4, -0.2) is 22.0 Å². The first-order valence-electron chi connectivity index (χ1n) is 7.49. The molecule has 122 valence electrons. The van der Waals surface area contributed by atoms with Gasteiger partial charge in [0.2, 0.25) is 11.9 Å². The van der Waals surface area contributed by atoms with Crippen LogP contribution in [0, 0.1) is 18.8 Å². The number of amides is 1. The van der Waals surface area contributed by atoms with Gasteiger partial charge in [-0.3, -0.25) is 4.79 Å². The van der Waals surface area contributed by atoms with Gasteiger partial charge in [0.25, 0.3) is 0 Å². The number of halogens is 2. The van der Waals surface area contributed by atoms with Gasteiger partial charge in [0.15, 0.2) is 5.13 Å². The molecule has 3 aromatic rings. The molecular weight excluding hydrogens is 332 g/mol. The highest BCUT2D eigenvalue weighted by molar-refractivity contribution is 7.22. The number of alkyl halides is 1. The molecule has 1 aliphatic rings. The normalized spacial score (nSPS) is 19.5. The minimum absolute atomic E-state index is 0.289. The monoisotopic (exact) mass is 345 g/mol. The Kier molecular flexibility index (Phi) is 3.53. The van der Waals surface area contributed by atoms with Crippen LogP contribution in [0.2, 0.25) is 0 Å². The van der Waals surface area contributed by atoms with Crippen molar-refractivity contribution in [2.45, 2.75) is 19.5 Å². The summed E-state index contributed by atoms with van der Waals surface area (Å²) < 4.78 is 27.0. The summed E-state index contributed by atoms with van der Waals surface area (Å²) in [6.45, 7) is 1.83. The van der Waals surface area contributed by atoms with E-state index < -0.39 is 18.0 Å². The molecule has 1 aromatic carbocycles. The molecule has 7 heteroatoms. The summed E-state index contributed by atoms with van der Waals surface area (Å²) in [5.41, 5.74) is 3.29. The molecular formula is C17H13F2N3OS. The molecule has 2 heterocycles. The van der Waals surface area contributed by atoms with Gasteiger partial charge in [0.1, 0.15) is 6.17 Å². The Bertz CT molecular complexity index is 956. The molecule has 1 saturated carbocycles. The molecule has 0 aliphatic heterocycles. The van der Waals surface area contributed by atoms with Crippen LogP contribution in [0.5, 0.6) is 0 Å². The number of benzene rings is 1. The van der Waals surface area contributed by atoms with Crippen LogP contribution in [-0.2, 0) is 4.79 Å². The van der Waals surface area contributed by atoms with Crippen LogP contribution in [0.4, 0.5) is 13.9 Å². The molecule has 24 heavy (non-hydrogen) atoms. The Morgan fingerprint density at radius 1 is 1.38 bits per heavy atom. The van der Waals surface area contributed by atoms with Crippen molar-refractivity contribution in [2.24, 2.45) is 5.92 Å². The first-order valence-corrected chi connectivity index (χ1v) is 8.31. The number of nitrogens with one attached hydrogen (secondary N) is 1. The van der Waals surface area contributed by atoms with E-state index in [0.717, 1.165) is 26.9 Å². The zero-order valence-corrected chi connectivity index (χ0v) is 13.5. The molecule has 0 bridgehead atoms. The number of rotatable bonds is 3. The maximum absolute atomic E-state index is 13.2. The summed E-state index contributed by atoms with van der Waals surface area (Å²) in [5, 5.41) is 3.13. The number of hydrogen-bond acceptors (Lipinski definition) is 4. The zero-order chi connectivity index (χ0) is 16.8. The third-order valence-corrected chi connectivity index (χ3v) is 4.99. The predicted octanol–water partition coefficient (Wildman–Crippen LogP) is 4.10. The zero-order valence-electron chi connectivity index (χ0n) is 12.7. The number of nitrogens with zero attached hydrogens (tertiary/aromatic N) is 2. The number of aromatic nitrogens is 2. The lowest BCUT2D eigenvalue weighted by molar-refractivity contribution is -0.117. The van der Waals surface area contributed by atoms with E-state index in [1.165, 1.54) is 23.6 Å². The smallest absolute Gasteiger partial charge is 0.232 e. The number of hydrogen-bond donors (Lipinski definition) is 1. The first-order chi connectivity index (χ1) is 11.5. The van der Waals surface area contributed by atoms with E-state index in [9.17, 15) is 13.6 Å². The molecule has 0 saturated heterocycles. The molecule has 2 aromatic heterocycles. The largest absolute Gasteiger partial charge is 0.302 e. The van der Waals surface area contributed by atoms with E-state index in [-0.39, 0.29) is 12.3 Å². The van der Waals surface area contributed by atoms with E-state index in [1.54, 1.807) is 0 Å². The Labute approximate surface area is 140 Å². The highest BCUT2D eigenvalue weighted by atomic mass is 32.1. The van der Waals surface area contributed by atoms with Crippen molar-refractivity contribution in [2.75, 3.05) is 5.32 Å². The predicted molar refractivity (Wildman–Crippen MR) is 89.2 cm³/mol. The third kappa shape index (κ3) is 2.75. The number of aryl methyl sites for hydroxylation is 1. The Hall–Kier alpha value is -2.41. The van der Waals surface area contributed by atoms with Gasteiger partial charge in [-0.25, -0.2) is 14.4 Å². The maximum atomic E-state index is 13.2. The van der Waals surface area contributed by atoms with Gasteiger partial charge in [-0.1, -0.05) is 17.4 Å². The fourth-order valence-corrected chi connectivity index (χ4v) is 3.51. The highest BCUT2D eigenvalue weighted by Crippen LogP contribution is 2.36. The van der Waals surface area contributed by atoms with Crippen LogP contribution < -0.4 is 5.32 Å². The van der Waals surface area contributed by atoms with Gasteiger partial charge >= 0.3 is 0 Å². The molecule has 0 unspecified atom stereocenters. The topological polar surface area (TPSA) is 54.9 Å². The molecule has 1 N–H and O–H groups in total. The minimum Gasteiger partial charge on any atom is -0.302 e. The maximum Gasteiger partial charge on any atom is 0.232 e. The Balaban J connectivity index is 1.64. The van der Waals surface area contributed by atoms with Crippen molar-refractivity contribution in [1.82, 2.24) is 9.97 Å². The molecule has 4 rings (SSSR count). The number of carbonyl (C=O) groups excluding carboxylic acids is 1. The average Bonchev–Trinajstić information content (AvgIpc) is 3.13. The molecule has 1 amide bonds. The van der Waals surface area contributed by atoms with Gasteiger partial charge in [-0.15, -0.1) is 0 Å². The molecule has 0 radical (unpaired) electrons.